The number of hydrogen-bond donors (Lipinski definition) is 0. The summed E-state index contributed by atoms with van der Waals surface area (Å²) < 4.78 is 32.3. The Bertz CT molecular complexity index is 611. The molecule has 0 radical (unpaired) electrons. The minimum Gasteiger partial charge on any atom is -0.460 e. The molecule has 0 N–H and O–H groups in total. The predicted octanol–water partition coefficient (Wildman–Crippen LogP) is 3.50. The van der Waals surface area contributed by atoms with Gasteiger partial charge in [0.15, 0.2) is 0 Å². The Morgan fingerprint density at radius 2 is 1.91 bits per heavy atom. The summed E-state index contributed by atoms with van der Waals surface area (Å²) >= 11 is 0. The monoisotopic (exact) mass is 321 g/mol. The smallest absolute Gasteiger partial charge is 0.338 e. The van der Waals surface area contributed by atoms with Crippen molar-refractivity contribution < 1.29 is 18.3 Å². The lowest BCUT2D eigenvalue weighted by Crippen LogP contribution is -2.47. The Balaban J connectivity index is 1.44. The zero-order valence-electron chi connectivity index (χ0n) is 13.1. The highest BCUT2D eigenvalue weighted by Crippen LogP contribution is 2.62. The summed E-state index contributed by atoms with van der Waals surface area (Å²) in [7, 11) is 0. The van der Waals surface area contributed by atoms with Crippen LogP contribution in [0.4, 0.5) is 8.78 Å². The van der Waals surface area contributed by atoms with Crippen LogP contribution in [0.25, 0.3) is 0 Å². The Morgan fingerprint density at radius 1 is 1.17 bits per heavy atom. The first-order valence-electron chi connectivity index (χ1n) is 8.27. The largest absolute Gasteiger partial charge is 0.460 e. The molecule has 0 bridgehead atoms. The van der Waals surface area contributed by atoms with E-state index in [2.05, 4.69) is 4.90 Å². The van der Waals surface area contributed by atoms with Crippen LogP contribution >= 0.6 is 0 Å². The maximum atomic E-state index is 13.4. The zero-order valence-corrected chi connectivity index (χ0v) is 13.1. The van der Waals surface area contributed by atoms with Gasteiger partial charge in [-0.05, 0) is 43.4 Å². The highest BCUT2D eigenvalue weighted by molar-refractivity contribution is 5.89. The highest BCUT2D eigenvalue weighted by atomic mass is 19.3. The van der Waals surface area contributed by atoms with Crippen molar-refractivity contribution in [3.8, 4) is 0 Å². The average Bonchev–Trinajstić information content (AvgIpc) is 2.98. The van der Waals surface area contributed by atoms with E-state index in [0.717, 1.165) is 32.4 Å². The van der Waals surface area contributed by atoms with Crippen LogP contribution in [-0.4, -0.2) is 42.0 Å². The van der Waals surface area contributed by atoms with Gasteiger partial charge >= 0.3 is 5.97 Å². The molecule has 2 heterocycles. The molecule has 1 aromatic carbocycles. The third-order valence-corrected chi connectivity index (χ3v) is 5.72. The Hall–Kier alpha value is -1.49. The van der Waals surface area contributed by atoms with Crippen molar-refractivity contribution >= 4 is 5.97 Å². The SMILES string of the molecule is O=C(OCC12CCCN1CC1(CC(F)(F)C1)C2)c1ccccc1. The van der Waals surface area contributed by atoms with Crippen LogP contribution in [0, 0.1) is 5.41 Å². The van der Waals surface area contributed by atoms with E-state index < -0.39 is 5.92 Å². The van der Waals surface area contributed by atoms with Gasteiger partial charge in [0.2, 0.25) is 5.92 Å². The number of nitrogens with zero attached hydrogens (tertiary/aromatic N) is 1. The van der Waals surface area contributed by atoms with Crippen LogP contribution in [-0.2, 0) is 4.74 Å². The number of ether oxygens (including phenoxy) is 1. The van der Waals surface area contributed by atoms with Crippen LogP contribution in [0.15, 0.2) is 30.3 Å². The van der Waals surface area contributed by atoms with E-state index in [-0.39, 0.29) is 29.8 Å². The molecular formula is C18H21F2NO2. The van der Waals surface area contributed by atoms with Gasteiger partial charge in [0, 0.05) is 19.4 Å². The van der Waals surface area contributed by atoms with Crippen molar-refractivity contribution in [3.05, 3.63) is 35.9 Å². The van der Waals surface area contributed by atoms with Crippen LogP contribution in [0.1, 0.15) is 42.5 Å². The standard InChI is InChI=1S/C18H21F2NO2/c19-18(20)10-16(11-18)9-17(7-4-8-21(17)12-16)13-23-15(22)14-5-2-1-3-6-14/h1-3,5-6H,4,7-13H2. The van der Waals surface area contributed by atoms with Crippen molar-refractivity contribution in [2.75, 3.05) is 19.7 Å². The number of rotatable bonds is 3. The molecule has 1 saturated carbocycles. The summed E-state index contributed by atoms with van der Waals surface area (Å²) in [5, 5.41) is 0. The molecule has 2 saturated heterocycles. The van der Waals surface area contributed by atoms with E-state index in [1.54, 1.807) is 24.3 Å². The van der Waals surface area contributed by atoms with Crippen molar-refractivity contribution in [1.82, 2.24) is 4.90 Å². The number of benzene rings is 1. The van der Waals surface area contributed by atoms with Crippen molar-refractivity contribution in [2.24, 2.45) is 5.41 Å². The minimum absolute atomic E-state index is 0.00905. The van der Waals surface area contributed by atoms with Gasteiger partial charge in [-0.25, -0.2) is 13.6 Å². The van der Waals surface area contributed by atoms with Crippen LogP contribution in [0.5, 0.6) is 0 Å². The predicted molar refractivity (Wildman–Crippen MR) is 81.5 cm³/mol. The second kappa shape index (κ2) is 5.00. The number of carbonyl (C=O) groups is 1. The molecule has 1 spiro atoms. The maximum Gasteiger partial charge on any atom is 0.338 e. The van der Waals surface area contributed by atoms with Gasteiger partial charge in [-0.1, -0.05) is 18.2 Å². The Labute approximate surface area is 134 Å². The van der Waals surface area contributed by atoms with Gasteiger partial charge in [-0.3, -0.25) is 4.90 Å². The van der Waals surface area contributed by atoms with Gasteiger partial charge in [0.25, 0.3) is 0 Å². The maximum absolute atomic E-state index is 13.4. The van der Waals surface area contributed by atoms with E-state index >= 15 is 0 Å². The Morgan fingerprint density at radius 3 is 2.61 bits per heavy atom. The minimum atomic E-state index is -2.50. The number of esters is 1. The lowest BCUT2D eigenvalue weighted by Gasteiger charge is -2.45. The van der Waals surface area contributed by atoms with Crippen LogP contribution < -0.4 is 0 Å². The fourth-order valence-corrected chi connectivity index (χ4v) is 4.95. The molecule has 3 aliphatic rings. The number of hydrogen-bond acceptors (Lipinski definition) is 3. The molecule has 2 aliphatic heterocycles. The van der Waals surface area contributed by atoms with Crippen molar-refractivity contribution in [2.45, 2.75) is 43.6 Å². The van der Waals surface area contributed by atoms with Crippen molar-refractivity contribution in [3.63, 3.8) is 0 Å². The summed E-state index contributed by atoms with van der Waals surface area (Å²) in [6.45, 7) is 1.97. The summed E-state index contributed by atoms with van der Waals surface area (Å²) in [6, 6.07) is 8.92. The molecular weight excluding hydrogens is 300 g/mol. The highest BCUT2D eigenvalue weighted by Gasteiger charge is 2.65. The molecule has 4 rings (SSSR count). The van der Waals surface area contributed by atoms with Gasteiger partial charge in [0.05, 0.1) is 11.1 Å². The molecule has 23 heavy (non-hydrogen) atoms. The molecule has 1 aromatic rings. The second-order valence-electron chi connectivity index (χ2n) is 7.58. The van der Waals surface area contributed by atoms with Gasteiger partial charge < -0.3 is 4.74 Å². The molecule has 1 aliphatic carbocycles. The van der Waals surface area contributed by atoms with E-state index in [9.17, 15) is 13.6 Å². The molecule has 1 atom stereocenters. The third-order valence-electron chi connectivity index (χ3n) is 5.72. The molecule has 0 aromatic heterocycles. The molecule has 5 heteroatoms. The zero-order chi connectivity index (χ0) is 16.1. The second-order valence-corrected chi connectivity index (χ2v) is 7.58. The summed E-state index contributed by atoms with van der Waals surface area (Å²) in [6.07, 6.45) is 2.70. The Kier molecular flexibility index (Phi) is 3.28. The number of carbonyl (C=O) groups excluding carboxylic acids is 1. The van der Waals surface area contributed by atoms with Crippen LogP contribution in [0.2, 0.25) is 0 Å². The van der Waals surface area contributed by atoms with Gasteiger partial charge in [-0.15, -0.1) is 0 Å². The molecule has 3 nitrogen and oxygen atoms in total. The lowest BCUT2D eigenvalue weighted by atomic mass is 9.63. The summed E-state index contributed by atoms with van der Waals surface area (Å²) in [4.78, 5) is 14.5. The summed E-state index contributed by atoms with van der Waals surface area (Å²) in [5.41, 5.74) is 0.0561. The summed E-state index contributed by atoms with van der Waals surface area (Å²) in [5.74, 6) is -2.83. The van der Waals surface area contributed by atoms with Gasteiger partial charge in [-0.2, -0.15) is 0 Å². The quantitative estimate of drug-likeness (QED) is 0.798. The number of fused-ring (bicyclic) bond motifs is 1. The number of alkyl halides is 2. The van der Waals surface area contributed by atoms with Crippen molar-refractivity contribution in [1.29, 1.82) is 0 Å². The molecule has 3 fully saturated rings. The lowest BCUT2D eigenvalue weighted by molar-refractivity contribution is -0.157. The van der Waals surface area contributed by atoms with E-state index in [1.807, 2.05) is 6.07 Å². The normalized spacial score (nSPS) is 30.9. The number of halogens is 2. The van der Waals surface area contributed by atoms with Gasteiger partial charge in [0.1, 0.15) is 6.61 Å². The van der Waals surface area contributed by atoms with E-state index in [1.165, 1.54) is 0 Å². The molecule has 0 amide bonds. The molecule has 1 unspecified atom stereocenters. The first kappa shape index (κ1) is 15.1. The van der Waals surface area contributed by atoms with E-state index in [4.69, 9.17) is 4.74 Å². The van der Waals surface area contributed by atoms with E-state index in [0.29, 0.717) is 12.2 Å². The first-order chi connectivity index (χ1) is 10.9. The molecule has 124 valence electrons. The fourth-order valence-electron chi connectivity index (χ4n) is 4.95. The average molecular weight is 321 g/mol. The third kappa shape index (κ3) is 2.55. The first-order valence-corrected chi connectivity index (χ1v) is 8.27. The fraction of sp³-hybridized carbons (Fsp3) is 0.611. The van der Waals surface area contributed by atoms with Crippen LogP contribution in [0.3, 0.4) is 0 Å². The topological polar surface area (TPSA) is 29.5 Å².